The molecule has 1 unspecified atom stereocenters. The van der Waals surface area contributed by atoms with Crippen molar-refractivity contribution in [2.24, 2.45) is 0 Å². The van der Waals surface area contributed by atoms with Crippen molar-refractivity contribution in [3.05, 3.63) is 29.8 Å². The fourth-order valence-electron chi connectivity index (χ4n) is 1.84. The Kier molecular flexibility index (Phi) is 4.96. The molecule has 2 aromatic rings. The van der Waals surface area contributed by atoms with Crippen LogP contribution in [0.25, 0.3) is 0 Å². The number of hydrogen-bond donors (Lipinski definition) is 0. The normalized spacial score (nSPS) is 12.8. The summed E-state index contributed by atoms with van der Waals surface area (Å²) in [5, 5.41) is 12.8. The highest BCUT2D eigenvalue weighted by Crippen LogP contribution is 2.10. The van der Waals surface area contributed by atoms with Crippen LogP contribution in [0.4, 0.5) is 0 Å². The Morgan fingerprint density at radius 3 is 2.95 bits per heavy atom. The minimum atomic E-state index is 0.434. The molecule has 0 N–H and O–H groups in total. The Hall–Kier alpha value is -1.36. The molecule has 5 nitrogen and oxygen atoms in total. The van der Waals surface area contributed by atoms with Crippen LogP contribution in [-0.2, 0) is 13.0 Å². The van der Waals surface area contributed by atoms with Crippen molar-refractivity contribution in [1.29, 1.82) is 0 Å². The largest absolute Gasteiger partial charge is 0.270 e. The van der Waals surface area contributed by atoms with Crippen LogP contribution in [0.2, 0.25) is 0 Å². The highest BCUT2D eigenvalue weighted by Gasteiger charge is 2.06. The number of alkyl halides is 1. The van der Waals surface area contributed by atoms with Crippen molar-refractivity contribution in [3.8, 4) is 0 Å². The van der Waals surface area contributed by atoms with Gasteiger partial charge in [-0.2, -0.15) is 5.10 Å². The van der Waals surface area contributed by atoms with Gasteiger partial charge in [-0.05, 0) is 32.3 Å². The number of hydrogen-bond acceptors (Lipinski definition) is 3. The summed E-state index contributed by atoms with van der Waals surface area (Å²) in [5.41, 5.74) is 2.00. The zero-order chi connectivity index (χ0) is 13.7. The molecule has 0 aliphatic carbocycles. The summed E-state index contributed by atoms with van der Waals surface area (Å²) < 4.78 is 3.83. The SMILES string of the molecule is CCC(C)n1ccc(Cn2cc(CCCCl)nn2)n1. The van der Waals surface area contributed by atoms with E-state index in [1.807, 2.05) is 27.8 Å². The molecule has 1 atom stereocenters. The summed E-state index contributed by atoms with van der Waals surface area (Å²) in [6.45, 7) is 4.99. The van der Waals surface area contributed by atoms with Crippen LogP contribution in [0.15, 0.2) is 18.5 Å². The van der Waals surface area contributed by atoms with E-state index in [1.54, 1.807) is 0 Å². The van der Waals surface area contributed by atoms with Crippen molar-refractivity contribution < 1.29 is 0 Å². The summed E-state index contributed by atoms with van der Waals surface area (Å²) in [5.74, 6) is 0.659. The zero-order valence-electron chi connectivity index (χ0n) is 11.5. The Labute approximate surface area is 118 Å². The van der Waals surface area contributed by atoms with Gasteiger partial charge in [0.05, 0.1) is 17.9 Å². The van der Waals surface area contributed by atoms with E-state index in [4.69, 9.17) is 11.6 Å². The smallest absolute Gasteiger partial charge is 0.0867 e. The average Bonchev–Trinajstić information content (AvgIpc) is 3.05. The number of halogens is 1. The number of nitrogens with zero attached hydrogens (tertiary/aromatic N) is 5. The Morgan fingerprint density at radius 2 is 2.21 bits per heavy atom. The first-order chi connectivity index (χ1) is 9.22. The molecule has 0 aliphatic rings. The van der Waals surface area contributed by atoms with Crippen molar-refractivity contribution in [1.82, 2.24) is 24.8 Å². The van der Waals surface area contributed by atoms with E-state index in [-0.39, 0.29) is 0 Å². The Balaban J connectivity index is 1.96. The molecule has 0 saturated heterocycles. The predicted molar refractivity (Wildman–Crippen MR) is 75.4 cm³/mol. The van der Waals surface area contributed by atoms with Crippen LogP contribution in [-0.4, -0.2) is 30.7 Å². The van der Waals surface area contributed by atoms with E-state index in [0.29, 0.717) is 18.5 Å². The maximum Gasteiger partial charge on any atom is 0.0867 e. The lowest BCUT2D eigenvalue weighted by Gasteiger charge is -2.07. The van der Waals surface area contributed by atoms with E-state index in [0.717, 1.165) is 30.7 Å². The van der Waals surface area contributed by atoms with Gasteiger partial charge in [-0.15, -0.1) is 16.7 Å². The summed E-state index contributed by atoms with van der Waals surface area (Å²) in [6, 6.07) is 2.47. The second-order valence-electron chi connectivity index (χ2n) is 4.74. The summed E-state index contributed by atoms with van der Waals surface area (Å²) in [4.78, 5) is 0. The topological polar surface area (TPSA) is 48.5 Å². The average molecular weight is 282 g/mol. The van der Waals surface area contributed by atoms with Crippen molar-refractivity contribution in [3.63, 3.8) is 0 Å². The van der Waals surface area contributed by atoms with Crippen molar-refractivity contribution >= 4 is 11.6 Å². The van der Waals surface area contributed by atoms with Gasteiger partial charge in [-0.1, -0.05) is 12.1 Å². The lowest BCUT2D eigenvalue weighted by atomic mass is 10.3. The quantitative estimate of drug-likeness (QED) is 0.733. The first-order valence-corrected chi connectivity index (χ1v) is 7.25. The van der Waals surface area contributed by atoms with Gasteiger partial charge in [-0.3, -0.25) is 4.68 Å². The second kappa shape index (κ2) is 6.70. The van der Waals surface area contributed by atoms with Gasteiger partial charge in [0.25, 0.3) is 0 Å². The third-order valence-corrected chi connectivity index (χ3v) is 3.45. The van der Waals surface area contributed by atoms with Gasteiger partial charge in [-0.25, -0.2) is 4.68 Å². The summed E-state index contributed by atoms with van der Waals surface area (Å²) in [7, 11) is 0. The monoisotopic (exact) mass is 281 g/mol. The molecule has 2 aromatic heterocycles. The molecule has 2 rings (SSSR count). The van der Waals surface area contributed by atoms with Crippen LogP contribution in [0.3, 0.4) is 0 Å². The maximum absolute atomic E-state index is 5.67. The minimum absolute atomic E-state index is 0.434. The molecular formula is C13H20ClN5. The molecular weight excluding hydrogens is 262 g/mol. The fourth-order valence-corrected chi connectivity index (χ4v) is 1.97. The number of rotatable bonds is 7. The van der Waals surface area contributed by atoms with Crippen molar-refractivity contribution in [2.45, 2.75) is 45.7 Å². The summed E-state index contributed by atoms with van der Waals surface area (Å²) in [6.07, 6.45) is 6.88. The lowest BCUT2D eigenvalue weighted by molar-refractivity contribution is 0.470. The lowest BCUT2D eigenvalue weighted by Crippen LogP contribution is -2.06. The molecule has 0 aliphatic heterocycles. The first kappa shape index (κ1) is 14.1. The highest BCUT2D eigenvalue weighted by atomic mass is 35.5. The van der Waals surface area contributed by atoms with Crippen molar-refractivity contribution in [2.75, 3.05) is 5.88 Å². The third-order valence-electron chi connectivity index (χ3n) is 3.18. The number of aryl methyl sites for hydroxylation is 1. The van der Waals surface area contributed by atoms with Gasteiger partial charge < -0.3 is 0 Å². The molecule has 0 amide bonds. The molecule has 2 heterocycles. The highest BCUT2D eigenvalue weighted by molar-refractivity contribution is 6.17. The Morgan fingerprint density at radius 1 is 1.37 bits per heavy atom. The van der Waals surface area contributed by atoms with Gasteiger partial charge in [0, 0.05) is 24.3 Å². The molecule has 0 saturated carbocycles. The predicted octanol–water partition coefficient (Wildman–Crippen LogP) is 2.67. The summed E-state index contributed by atoms with van der Waals surface area (Å²) >= 11 is 5.67. The van der Waals surface area contributed by atoms with Gasteiger partial charge in [0.1, 0.15) is 0 Å². The van der Waals surface area contributed by atoms with Gasteiger partial charge in [0.15, 0.2) is 0 Å². The molecule has 0 radical (unpaired) electrons. The van der Waals surface area contributed by atoms with E-state index >= 15 is 0 Å². The molecule has 19 heavy (non-hydrogen) atoms. The van der Waals surface area contributed by atoms with Gasteiger partial charge >= 0.3 is 0 Å². The molecule has 0 fully saturated rings. The van der Waals surface area contributed by atoms with Crippen LogP contribution >= 0.6 is 11.6 Å². The fraction of sp³-hybridized carbons (Fsp3) is 0.615. The minimum Gasteiger partial charge on any atom is -0.270 e. The first-order valence-electron chi connectivity index (χ1n) is 6.72. The third kappa shape index (κ3) is 3.80. The zero-order valence-corrected chi connectivity index (χ0v) is 12.2. The molecule has 0 spiro atoms. The Bertz CT molecular complexity index is 505. The molecule has 0 bridgehead atoms. The molecule has 104 valence electrons. The van der Waals surface area contributed by atoms with E-state index < -0.39 is 0 Å². The van der Waals surface area contributed by atoms with Crippen LogP contribution in [0.1, 0.15) is 44.1 Å². The standard InChI is InChI=1S/C13H20ClN5/c1-3-11(2)19-8-6-13(16-19)10-18-9-12(15-17-18)5-4-7-14/h6,8-9,11H,3-5,7,10H2,1-2H3. The van der Waals surface area contributed by atoms with E-state index in [1.165, 1.54) is 0 Å². The second-order valence-corrected chi connectivity index (χ2v) is 5.12. The van der Waals surface area contributed by atoms with E-state index in [2.05, 4.69) is 29.3 Å². The molecule has 6 heteroatoms. The number of aromatic nitrogens is 5. The van der Waals surface area contributed by atoms with Gasteiger partial charge in [0.2, 0.25) is 0 Å². The van der Waals surface area contributed by atoms with E-state index in [9.17, 15) is 0 Å². The molecule has 0 aromatic carbocycles. The maximum atomic E-state index is 5.67. The van der Waals surface area contributed by atoms with Crippen LogP contribution < -0.4 is 0 Å². The van der Waals surface area contributed by atoms with Crippen LogP contribution in [0, 0.1) is 0 Å². The van der Waals surface area contributed by atoms with Crippen LogP contribution in [0.5, 0.6) is 0 Å².